The predicted molar refractivity (Wildman–Crippen MR) is 98.4 cm³/mol. The van der Waals surface area contributed by atoms with Gasteiger partial charge in [0.05, 0.1) is 18.4 Å². The smallest absolute Gasteiger partial charge is 0.156 e. The summed E-state index contributed by atoms with van der Waals surface area (Å²) >= 11 is 0. The van der Waals surface area contributed by atoms with Gasteiger partial charge in [-0.25, -0.2) is 9.50 Å². The molecule has 2 heterocycles. The van der Waals surface area contributed by atoms with Crippen LogP contribution in [0.25, 0.3) is 5.65 Å². The van der Waals surface area contributed by atoms with E-state index in [1.807, 2.05) is 76.6 Å². The van der Waals surface area contributed by atoms with E-state index >= 15 is 0 Å². The molecule has 0 amide bonds. The van der Waals surface area contributed by atoms with E-state index in [2.05, 4.69) is 26.0 Å². The highest BCUT2D eigenvalue weighted by atomic mass is 16.1. The summed E-state index contributed by atoms with van der Waals surface area (Å²) in [6.45, 7) is 2.69. The number of carbonyl (C=O) groups excluding carboxylic acids is 1. The van der Waals surface area contributed by atoms with Crippen LogP contribution >= 0.6 is 0 Å². The molecule has 0 saturated carbocycles. The van der Waals surface area contributed by atoms with E-state index in [1.54, 1.807) is 4.52 Å². The number of rotatable bonds is 4. The number of aromatic nitrogens is 3. The van der Waals surface area contributed by atoms with Crippen LogP contribution in [0.1, 0.15) is 5.69 Å². The zero-order valence-corrected chi connectivity index (χ0v) is 14.3. The Labute approximate surface area is 142 Å². The fraction of sp³-hybridized carbons (Fsp3) is 0.235. The van der Waals surface area contributed by atoms with Gasteiger partial charge in [-0.1, -0.05) is 18.2 Å². The number of imidazole rings is 1. The number of nitrogens with zero attached hydrogens (tertiary/aromatic N) is 3. The lowest BCUT2D eigenvalue weighted by atomic mass is 10.3. The van der Waals surface area contributed by atoms with Crippen LogP contribution in [0, 0.1) is 0 Å². The second-order valence-corrected chi connectivity index (χ2v) is 4.72. The highest BCUT2D eigenvalue weighted by molar-refractivity contribution is 5.48. The molecule has 0 unspecified atom stereocenters. The molecule has 0 spiro atoms. The Bertz CT molecular complexity index is 713. The Balaban J connectivity index is 0.000000521. The lowest BCUT2D eigenvalue weighted by Gasteiger charge is -2.05. The standard InChI is InChI=1S/C14H15N5.C2H7N.CH2O/c1-15-13-10-19-14(17-13)8-7-12(18-19)9-16-11-5-3-2-4-6-11;1-3-2;1-2/h2-8,10,15-16H,9H2,1H3;3H,1-2H3;1H2. The number of carbonyl (C=O) groups is 1. The van der Waals surface area contributed by atoms with Gasteiger partial charge in [0, 0.05) is 12.7 Å². The first-order valence-electron chi connectivity index (χ1n) is 7.46. The van der Waals surface area contributed by atoms with Crippen LogP contribution in [-0.2, 0) is 11.3 Å². The van der Waals surface area contributed by atoms with Crippen molar-refractivity contribution in [3.63, 3.8) is 0 Å². The van der Waals surface area contributed by atoms with E-state index < -0.39 is 0 Å². The van der Waals surface area contributed by atoms with Crippen LogP contribution in [-0.4, -0.2) is 42.5 Å². The van der Waals surface area contributed by atoms with E-state index in [4.69, 9.17) is 4.79 Å². The Morgan fingerprint density at radius 1 is 1.04 bits per heavy atom. The third kappa shape index (κ3) is 5.69. The van der Waals surface area contributed by atoms with Crippen LogP contribution < -0.4 is 16.0 Å². The lowest BCUT2D eigenvalue weighted by Crippen LogP contribution is -2.04. The normalized spacial score (nSPS) is 9.29. The van der Waals surface area contributed by atoms with Crippen molar-refractivity contribution in [1.82, 2.24) is 19.9 Å². The fourth-order valence-electron chi connectivity index (χ4n) is 1.89. The molecule has 3 N–H and O–H groups in total. The second-order valence-electron chi connectivity index (χ2n) is 4.72. The highest BCUT2D eigenvalue weighted by Gasteiger charge is 2.02. The molecule has 0 radical (unpaired) electrons. The highest BCUT2D eigenvalue weighted by Crippen LogP contribution is 2.10. The number of para-hydroxylation sites is 1. The van der Waals surface area contributed by atoms with Crippen molar-refractivity contribution >= 4 is 23.9 Å². The van der Waals surface area contributed by atoms with E-state index in [-0.39, 0.29) is 0 Å². The number of hydrogen-bond donors (Lipinski definition) is 3. The first kappa shape index (κ1) is 19.1. The summed E-state index contributed by atoms with van der Waals surface area (Å²) in [5.41, 5.74) is 2.90. The first-order valence-corrected chi connectivity index (χ1v) is 7.46. The summed E-state index contributed by atoms with van der Waals surface area (Å²) in [4.78, 5) is 12.4. The quantitative estimate of drug-likeness (QED) is 0.680. The first-order chi connectivity index (χ1) is 11.8. The van der Waals surface area contributed by atoms with Gasteiger partial charge in [0.1, 0.15) is 12.6 Å². The van der Waals surface area contributed by atoms with Crippen LogP contribution in [0.2, 0.25) is 0 Å². The minimum Gasteiger partial charge on any atom is -0.379 e. The molecule has 0 bridgehead atoms. The third-order valence-electron chi connectivity index (χ3n) is 2.88. The van der Waals surface area contributed by atoms with E-state index in [9.17, 15) is 0 Å². The monoisotopic (exact) mass is 328 g/mol. The molecule has 0 aliphatic rings. The van der Waals surface area contributed by atoms with Gasteiger partial charge in [0.25, 0.3) is 0 Å². The summed E-state index contributed by atoms with van der Waals surface area (Å²) in [5, 5.41) is 13.6. The molecular formula is C17H24N6O. The summed E-state index contributed by atoms with van der Waals surface area (Å²) < 4.78 is 1.79. The molecule has 7 nitrogen and oxygen atoms in total. The second kappa shape index (κ2) is 10.7. The Morgan fingerprint density at radius 2 is 1.71 bits per heavy atom. The van der Waals surface area contributed by atoms with Crippen molar-refractivity contribution in [2.75, 3.05) is 31.8 Å². The number of hydrogen-bond acceptors (Lipinski definition) is 6. The minimum absolute atomic E-state index is 0.688. The van der Waals surface area contributed by atoms with Crippen molar-refractivity contribution in [2.45, 2.75) is 6.54 Å². The van der Waals surface area contributed by atoms with Gasteiger partial charge in [-0.05, 0) is 38.4 Å². The largest absolute Gasteiger partial charge is 0.379 e. The number of nitrogens with one attached hydrogen (secondary N) is 3. The Morgan fingerprint density at radius 3 is 2.33 bits per heavy atom. The van der Waals surface area contributed by atoms with Crippen LogP contribution in [0.5, 0.6) is 0 Å². The maximum Gasteiger partial charge on any atom is 0.156 e. The van der Waals surface area contributed by atoms with Crippen molar-refractivity contribution in [3.8, 4) is 0 Å². The Kier molecular flexibility index (Phi) is 8.55. The number of fused-ring (bicyclic) bond motifs is 1. The van der Waals surface area contributed by atoms with E-state index in [0.29, 0.717) is 6.54 Å². The van der Waals surface area contributed by atoms with Crippen LogP contribution in [0.4, 0.5) is 11.5 Å². The van der Waals surface area contributed by atoms with Crippen molar-refractivity contribution in [3.05, 3.63) is 54.4 Å². The van der Waals surface area contributed by atoms with Gasteiger partial charge in [-0.15, -0.1) is 0 Å². The van der Waals surface area contributed by atoms with Crippen molar-refractivity contribution in [1.29, 1.82) is 0 Å². The van der Waals surface area contributed by atoms with Crippen LogP contribution in [0.3, 0.4) is 0 Å². The topological polar surface area (TPSA) is 83.4 Å². The third-order valence-corrected chi connectivity index (χ3v) is 2.88. The molecule has 0 saturated heterocycles. The molecule has 128 valence electrons. The fourth-order valence-corrected chi connectivity index (χ4v) is 1.89. The zero-order valence-electron chi connectivity index (χ0n) is 14.3. The molecule has 0 atom stereocenters. The van der Waals surface area contributed by atoms with Crippen molar-refractivity contribution in [2.24, 2.45) is 0 Å². The molecule has 24 heavy (non-hydrogen) atoms. The Hall–Kier alpha value is -2.93. The average molecular weight is 328 g/mol. The van der Waals surface area contributed by atoms with E-state index in [0.717, 1.165) is 22.8 Å². The zero-order chi connectivity index (χ0) is 17.8. The van der Waals surface area contributed by atoms with Crippen molar-refractivity contribution < 1.29 is 4.79 Å². The lowest BCUT2D eigenvalue weighted by molar-refractivity contribution is -0.0979. The van der Waals surface area contributed by atoms with Gasteiger partial charge in [0.15, 0.2) is 5.65 Å². The molecular weight excluding hydrogens is 304 g/mol. The molecule has 1 aromatic carbocycles. The summed E-state index contributed by atoms with van der Waals surface area (Å²) in [7, 11) is 5.60. The molecule has 3 aromatic rings. The summed E-state index contributed by atoms with van der Waals surface area (Å²) in [6, 6.07) is 14.0. The SMILES string of the molecule is C=O.CNC.CNc1cn2nc(CNc3ccccc3)ccc2n1. The van der Waals surface area contributed by atoms with E-state index in [1.165, 1.54) is 0 Å². The molecule has 7 heteroatoms. The summed E-state index contributed by atoms with van der Waals surface area (Å²) in [6.07, 6.45) is 1.88. The molecule has 2 aromatic heterocycles. The summed E-state index contributed by atoms with van der Waals surface area (Å²) in [5.74, 6) is 0.820. The van der Waals surface area contributed by atoms with Gasteiger partial charge in [0.2, 0.25) is 0 Å². The molecule has 0 aliphatic heterocycles. The number of benzene rings is 1. The maximum absolute atomic E-state index is 8.00. The van der Waals surface area contributed by atoms with Gasteiger partial charge < -0.3 is 20.7 Å². The van der Waals surface area contributed by atoms with Crippen LogP contribution in [0.15, 0.2) is 48.7 Å². The average Bonchev–Trinajstić information content (AvgIpc) is 3.06. The maximum atomic E-state index is 8.00. The number of anilines is 2. The van der Waals surface area contributed by atoms with Gasteiger partial charge >= 0.3 is 0 Å². The molecule has 3 rings (SSSR count). The minimum atomic E-state index is 0.688. The van der Waals surface area contributed by atoms with Gasteiger partial charge in [-0.2, -0.15) is 5.10 Å². The molecule has 0 aliphatic carbocycles. The van der Waals surface area contributed by atoms with Gasteiger partial charge in [-0.3, -0.25) is 0 Å². The molecule has 0 fully saturated rings. The predicted octanol–water partition coefficient (Wildman–Crippen LogP) is 2.03.